The van der Waals surface area contributed by atoms with E-state index in [1.165, 1.54) is 6.07 Å². The lowest BCUT2D eigenvalue weighted by Crippen LogP contribution is -2.23. The molecule has 1 amide bonds. The molecule has 1 aromatic heterocycles. The monoisotopic (exact) mass is 303 g/mol. The zero-order valence-corrected chi connectivity index (χ0v) is 12.3. The summed E-state index contributed by atoms with van der Waals surface area (Å²) in [7, 11) is 0. The predicted molar refractivity (Wildman–Crippen MR) is 79.5 cm³/mol. The number of benzene rings is 1. The van der Waals surface area contributed by atoms with Crippen LogP contribution in [0.2, 0.25) is 0 Å². The molecule has 2 rings (SSSR count). The van der Waals surface area contributed by atoms with E-state index < -0.39 is 0 Å². The first kappa shape index (κ1) is 15.1. The Morgan fingerprint density at radius 3 is 3.00 bits per heavy atom. The van der Waals surface area contributed by atoms with Gasteiger partial charge in [-0.25, -0.2) is 4.39 Å². The minimum absolute atomic E-state index is 0.149. The number of amides is 1. The number of nitrogens with zero attached hydrogens (tertiary/aromatic N) is 2. The Kier molecular flexibility index (Phi) is 5.41. The van der Waals surface area contributed by atoms with Crippen LogP contribution in [0.25, 0.3) is 0 Å². The van der Waals surface area contributed by atoms with Crippen LogP contribution in [0, 0.1) is 17.7 Å². The van der Waals surface area contributed by atoms with Crippen molar-refractivity contribution in [3.8, 4) is 11.8 Å². The fourth-order valence-corrected chi connectivity index (χ4v) is 2.31. The van der Waals surface area contributed by atoms with Gasteiger partial charge in [0.25, 0.3) is 5.91 Å². The molecule has 1 aromatic carbocycles. The molecule has 0 fully saturated rings. The maximum atomic E-state index is 13.3. The van der Waals surface area contributed by atoms with Crippen molar-refractivity contribution < 1.29 is 9.18 Å². The Morgan fingerprint density at radius 1 is 1.43 bits per heavy atom. The van der Waals surface area contributed by atoms with E-state index in [-0.39, 0.29) is 18.3 Å². The molecule has 6 heteroatoms. The number of aryl methyl sites for hydroxylation is 1. The molecule has 0 aliphatic carbocycles. The van der Waals surface area contributed by atoms with E-state index in [2.05, 4.69) is 26.7 Å². The van der Waals surface area contributed by atoms with Gasteiger partial charge in [-0.1, -0.05) is 41.8 Å². The molecule has 0 bridgehead atoms. The summed E-state index contributed by atoms with van der Waals surface area (Å²) in [5.41, 5.74) is 1.03. The molecule has 0 atom stereocenters. The summed E-state index contributed by atoms with van der Waals surface area (Å²) in [6.45, 7) is 2.16. The number of nitrogens with one attached hydrogen (secondary N) is 1. The second-order valence-corrected chi connectivity index (χ2v) is 5.02. The SMILES string of the molecule is CCCc1nnsc1C(=O)NCC#Cc1ccccc1F. The van der Waals surface area contributed by atoms with Crippen LogP contribution in [0.1, 0.15) is 34.3 Å². The van der Waals surface area contributed by atoms with E-state index in [0.717, 1.165) is 24.4 Å². The maximum absolute atomic E-state index is 13.3. The molecule has 21 heavy (non-hydrogen) atoms. The Morgan fingerprint density at radius 2 is 2.24 bits per heavy atom. The van der Waals surface area contributed by atoms with Crippen molar-refractivity contribution in [2.45, 2.75) is 19.8 Å². The van der Waals surface area contributed by atoms with E-state index in [0.29, 0.717) is 16.1 Å². The van der Waals surface area contributed by atoms with Gasteiger partial charge in [0.15, 0.2) is 0 Å². The minimum atomic E-state index is -0.367. The van der Waals surface area contributed by atoms with E-state index in [1.807, 2.05) is 6.92 Å². The first-order valence-electron chi connectivity index (χ1n) is 6.55. The van der Waals surface area contributed by atoms with Gasteiger partial charge in [0, 0.05) is 0 Å². The van der Waals surface area contributed by atoms with Crippen molar-refractivity contribution in [2.24, 2.45) is 0 Å². The summed E-state index contributed by atoms with van der Waals surface area (Å²) < 4.78 is 17.1. The van der Waals surface area contributed by atoms with Gasteiger partial charge in [-0.2, -0.15) is 0 Å². The van der Waals surface area contributed by atoms with Crippen LogP contribution in [0.15, 0.2) is 24.3 Å². The molecular formula is C15H14FN3OS. The molecule has 0 aliphatic heterocycles. The highest BCUT2D eigenvalue weighted by molar-refractivity contribution is 7.08. The van der Waals surface area contributed by atoms with Crippen molar-refractivity contribution in [3.63, 3.8) is 0 Å². The summed E-state index contributed by atoms with van der Waals surface area (Å²) in [5, 5.41) is 6.61. The average Bonchev–Trinajstić information content (AvgIpc) is 2.94. The smallest absolute Gasteiger partial charge is 0.265 e. The van der Waals surface area contributed by atoms with Crippen LogP contribution in [-0.4, -0.2) is 22.0 Å². The average molecular weight is 303 g/mol. The highest BCUT2D eigenvalue weighted by atomic mass is 32.1. The highest BCUT2D eigenvalue weighted by Crippen LogP contribution is 2.12. The Labute approximate surface area is 126 Å². The largest absolute Gasteiger partial charge is 0.340 e. The second-order valence-electron chi connectivity index (χ2n) is 4.26. The fraction of sp³-hybridized carbons (Fsp3) is 0.267. The molecule has 0 radical (unpaired) electrons. The number of carbonyl (C=O) groups is 1. The maximum Gasteiger partial charge on any atom is 0.265 e. The summed E-state index contributed by atoms with van der Waals surface area (Å²) in [5.74, 6) is 4.81. The van der Waals surface area contributed by atoms with Crippen molar-refractivity contribution in [1.82, 2.24) is 14.9 Å². The van der Waals surface area contributed by atoms with Gasteiger partial charge in [0.1, 0.15) is 10.7 Å². The third kappa shape index (κ3) is 4.10. The number of hydrogen-bond donors (Lipinski definition) is 1. The molecule has 0 unspecified atom stereocenters. The van der Waals surface area contributed by atoms with Crippen LogP contribution >= 0.6 is 11.5 Å². The van der Waals surface area contributed by atoms with Crippen LogP contribution < -0.4 is 5.32 Å². The number of halogens is 1. The van der Waals surface area contributed by atoms with E-state index in [4.69, 9.17) is 0 Å². The van der Waals surface area contributed by atoms with Gasteiger partial charge in [0.2, 0.25) is 0 Å². The molecule has 0 saturated heterocycles. The zero-order valence-electron chi connectivity index (χ0n) is 11.5. The van der Waals surface area contributed by atoms with Crippen molar-refractivity contribution in [2.75, 3.05) is 6.54 Å². The van der Waals surface area contributed by atoms with Crippen LogP contribution in [0.3, 0.4) is 0 Å². The van der Waals surface area contributed by atoms with Crippen LogP contribution in [0.5, 0.6) is 0 Å². The molecular weight excluding hydrogens is 289 g/mol. The Bertz CT molecular complexity index is 687. The minimum Gasteiger partial charge on any atom is -0.340 e. The summed E-state index contributed by atoms with van der Waals surface area (Å²) >= 11 is 1.07. The Balaban J connectivity index is 1.93. The molecule has 1 heterocycles. The number of rotatable bonds is 4. The van der Waals surface area contributed by atoms with E-state index >= 15 is 0 Å². The number of aromatic nitrogens is 2. The third-order valence-corrected chi connectivity index (χ3v) is 3.45. The molecule has 0 aliphatic rings. The second kappa shape index (κ2) is 7.50. The first-order chi connectivity index (χ1) is 10.2. The van der Waals surface area contributed by atoms with Crippen molar-refractivity contribution in [3.05, 3.63) is 46.2 Å². The highest BCUT2D eigenvalue weighted by Gasteiger charge is 2.14. The number of carbonyl (C=O) groups excluding carboxylic acids is 1. The zero-order chi connectivity index (χ0) is 15.1. The standard InChI is InChI=1S/C15H14FN3OS/c1-2-6-13-14(21-19-18-13)15(20)17-10-5-8-11-7-3-4-9-12(11)16/h3-4,7,9H,2,6,10H2,1H3,(H,17,20). The van der Waals surface area contributed by atoms with Gasteiger partial charge >= 0.3 is 0 Å². The van der Waals surface area contributed by atoms with Gasteiger partial charge < -0.3 is 5.32 Å². The quantitative estimate of drug-likeness (QED) is 0.883. The lowest BCUT2D eigenvalue weighted by atomic mass is 10.2. The van der Waals surface area contributed by atoms with Crippen LogP contribution in [-0.2, 0) is 6.42 Å². The lowest BCUT2D eigenvalue weighted by Gasteiger charge is -1.99. The summed E-state index contributed by atoms with van der Waals surface area (Å²) in [6.07, 6.45) is 1.62. The normalized spacial score (nSPS) is 9.81. The molecule has 1 N–H and O–H groups in total. The van der Waals surface area contributed by atoms with Gasteiger partial charge in [-0.3, -0.25) is 4.79 Å². The molecule has 4 nitrogen and oxygen atoms in total. The van der Waals surface area contributed by atoms with Crippen LogP contribution in [0.4, 0.5) is 4.39 Å². The fourth-order valence-electron chi connectivity index (χ4n) is 1.69. The van der Waals surface area contributed by atoms with Crippen molar-refractivity contribution in [1.29, 1.82) is 0 Å². The summed E-state index contributed by atoms with van der Waals surface area (Å²) in [4.78, 5) is 12.5. The van der Waals surface area contributed by atoms with E-state index in [1.54, 1.807) is 18.2 Å². The Hall–Kier alpha value is -2.26. The van der Waals surface area contributed by atoms with Gasteiger partial charge in [-0.05, 0) is 30.1 Å². The molecule has 2 aromatic rings. The molecule has 0 spiro atoms. The van der Waals surface area contributed by atoms with Crippen molar-refractivity contribution >= 4 is 17.4 Å². The van der Waals surface area contributed by atoms with Gasteiger partial charge in [-0.15, -0.1) is 5.10 Å². The predicted octanol–water partition coefficient (Wildman–Crippen LogP) is 2.41. The lowest BCUT2D eigenvalue weighted by molar-refractivity contribution is 0.0961. The number of hydrogen-bond acceptors (Lipinski definition) is 4. The first-order valence-corrected chi connectivity index (χ1v) is 7.32. The molecule has 108 valence electrons. The van der Waals surface area contributed by atoms with E-state index in [9.17, 15) is 9.18 Å². The third-order valence-electron chi connectivity index (χ3n) is 2.68. The summed E-state index contributed by atoms with van der Waals surface area (Å²) in [6, 6.07) is 6.26. The van der Waals surface area contributed by atoms with Gasteiger partial charge in [0.05, 0.1) is 17.8 Å². The molecule has 0 saturated carbocycles. The topological polar surface area (TPSA) is 54.9 Å².